The van der Waals surface area contributed by atoms with Gasteiger partial charge in [-0.3, -0.25) is 4.79 Å². The van der Waals surface area contributed by atoms with Crippen molar-refractivity contribution in [3.05, 3.63) is 46.2 Å². The first kappa shape index (κ1) is 18.2. The van der Waals surface area contributed by atoms with Crippen LogP contribution in [0.5, 0.6) is 11.5 Å². The normalized spacial score (nSPS) is 12.1. The minimum atomic E-state index is -0.386. The van der Waals surface area contributed by atoms with Crippen LogP contribution >= 0.6 is 22.7 Å². The molecular formula is C20H13N5O3S2. The van der Waals surface area contributed by atoms with Crippen LogP contribution in [0.1, 0.15) is 15.2 Å². The average Bonchev–Trinajstić information content (AvgIpc) is 3.47. The van der Waals surface area contributed by atoms with Crippen LogP contribution < -0.4 is 26.3 Å². The number of benzene rings is 1. The number of pyridine rings is 1. The molecule has 30 heavy (non-hydrogen) atoms. The number of amides is 1. The van der Waals surface area contributed by atoms with Gasteiger partial charge in [0.15, 0.2) is 11.5 Å². The van der Waals surface area contributed by atoms with Crippen molar-refractivity contribution in [3.8, 4) is 28.0 Å². The van der Waals surface area contributed by atoms with Crippen molar-refractivity contribution in [3.63, 3.8) is 0 Å². The van der Waals surface area contributed by atoms with Gasteiger partial charge in [0.05, 0.1) is 5.69 Å². The van der Waals surface area contributed by atoms with Gasteiger partial charge in [0.1, 0.15) is 27.2 Å². The molecule has 4 aromatic rings. The molecule has 5 rings (SSSR count). The van der Waals surface area contributed by atoms with Crippen LogP contribution in [0.3, 0.4) is 0 Å². The van der Waals surface area contributed by atoms with Gasteiger partial charge in [-0.15, -0.1) is 22.7 Å². The van der Waals surface area contributed by atoms with Crippen molar-refractivity contribution >= 4 is 56.0 Å². The summed E-state index contributed by atoms with van der Waals surface area (Å²) in [4.78, 5) is 18.9. The van der Waals surface area contributed by atoms with Crippen LogP contribution in [0.25, 0.3) is 20.7 Å². The molecule has 0 saturated heterocycles. The third kappa shape index (κ3) is 2.80. The van der Waals surface area contributed by atoms with Crippen molar-refractivity contribution in [2.45, 2.75) is 0 Å². The first-order valence-electron chi connectivity index (χ1n) is 8.73. The van der Waals surface area contributed by atoms with E-state index in [-0.39, 0.29) is 29.8 Å². The van der Waals surface area contributed by atoms with Crippen LogP contribution in [-0.2, 0) is 0 Å². The van der Waals surface area contributed by atoms with Gasteiger partial charge in [0.2, 0.25) is 6.79 Å². The number of carbonyl (C=O) groups is 1. The van der Waals surface area contributed by atoms with Crippen molar-refractivity contribution < 1.29 is 14.3 Å². The van der Waals surface area contributed by atoms with Crippen molar-refractivity contribution in [1.82, 2.24) is 4.98 Å². The van der Waals surface area contributed by atoms with E-state index in [0.717, 1.165) is 16.2 Å². The molecule has 8 nitrogen and oxygen atoms in total. The summed E-state index contributed by atoms with van der Waals surface area (Å²) < 4.78 is 10.6. The van der Waals surface area contributed by atoms with Crippen LogP contribution in [-0.4, -0.2) is 17.7 Å². The SMILES string of the molecule is N#Cc1c(N)nc2sc(C(=O)Nc3ccc4c(c3)OCO4)c(N)c2c1-c1cccs1. The highest BCUT2D eigenvalue weighted by Gasteiger charge is 2.25. The Hall–Kier alpha value is -3.81. The molecule has 0 aliphatic carbocycles. The second-order valence-corrected chi connectivity index (χ2v) is 8.33. The van der Waals surface area contributed by atoms with E-state index in [0.29, 0.717) is 37.8 Å². The number of hydrogen-bond donors (Lipinski definition) is 3. The number of carbonyl (C=O) groups excluding carboxylic acids is 1. The van der Waals surface area contributed by atoms with E-state index in [4.69, 9.17) is 20.9 Å². The Morgan fingerprint density at radius 2 is 2.07 bits per heavy atom. The molecule has 10 heteroatoms. The quantitative estimate of drug-likeness (QED) is 0.442. The van der Waals surface area contributed by atoms with Gasteiger partial charge in [-0.25, -0.2) is 4.98 Å². The Bertz CT molecular complexity index is 1360. The summed E-state index contributed by atoms with van der Waals surface area (Å²) in [6.45, 7) is 0.149. The van der Waals surface area contributed by atoms with Crippen molar-refractivity contribution in [1.29, 1.82) is 5.26 Å². The van der Waals surface area contributed by atoms with Gasteiger partial charge in [-0.05, 0) is 23.6 Å². The summed E-state index contributed by atoms with van der Waals surface area (Å²) in [5, 5.41) is 14.9. The third-order valence-electron chi connectivity index (χ3n) is 4.62. The molecule has 0 spiro atoms. The summed E-state index contributed by atoms with van der Waals surface area (Å²) in [6, 6.07) is 11.0. The third-order valence-corrected chi connectivity index (χ3v) is 6.61. The lowest BCUT2D eigenvalue weighted by atomic mass is 10.0. The fourth-order valence-corrected chi connectivity index (χ4v) is 5.07. The average molecular weight is 435 g/mol. The number of ether oxygens (including phenoxy) is 2. The molecule has 3 aromatic heterocycles. The Labute approximate surface area is 178 Å². The van der Waals surface area contributed by atoms with Crippen LogP contribution in [0, 0.1) is 11.3 Å². The first-order valence-corrected chi connectivity index (χ1v) is 10.4. The highest BCUT2D eigenvalue weighted by atomic mass is 32.1. The monoisotopic (exact) mass is 435 g/mol. The molecule has 148 valence electrons. The lowest BCUT2D eigenvalue weighted by Gasteiger charge is -2.08. The Kier molecular flexibility index (Phi) is 4.20. The lowest BCUT2D eigenvalue weighted by molar-refractivity contribution is 0.103. The second-order valence-electron chi connectivity index (χ2n) is 6.38. The van der Waals surface area contributed by atoms with E-state index in [1.54, 1.807) is 18.2 Å². The molecule has 0 bridgehead atoms. The number of nitrogens with zero attached hydrogens (tertiary/aromatic N) is 2. The predicted molar refractivity (Wildman–Crippen MR) is 117 cm³/mol. The highest BCUT2D eigenvalue weighted by Crippen LogP contribution is 2.44. The lowest BCUT2D eigenvalue weighted by Crippen LogP contribution is -2.11. The van der Waals surface area contributed by atoms with Gasteiger partial charge in [0, 0.05) is 27.6 Å². The maximum Gasteiger partial charge on any atom is 0.267 e. The predicted octanol–water partition coefficient (Wildman–Crippen LogP) is 4.04. The van der Waals surface area contributed by atoms with E-state index < -0.39 is 0 Å². The molecule has 5 N–H and O–H groups in total. The number of thiophene rings is 2. The maximum absolute atomic E-state index is 13.0. The zero-order valence-corrected chi connectivity index (χ0v) is 16.9. The number of nitrogen functional groups attached to an aromatic ring is 2. The van der Waals surface area contributed by atoms with Gasteiger partial charge in [-0.2, -0.15) is 5.26 Å². The largest absolute Gasteiger partial charge is 0.454 e. The number of aromatic nitrogens is 1. The number of hydrogen-bond acceptors (Lipinski definition) is 9. The number of nitrogens with one attached hydrogen (secondary N) is 1. The van der Waals surface area contributed by atoms with E-state index in [1.807, 2.05) is 17.5 Å². The number of nitrogens with two attached hydrogens (primary N) is 2. The van der Waals surface area contributed by atoms with Gasteiger partial charge >= 0.3 is 0 Å². The molecule has 0 atom stereocenters. The summed E-state index contributed by atoms with van der Waals surface area (Å²) in [5.41, 5.74) is 14.1. The number of rotatable bonds is 3. The Balaban J connectivity index is 1.61. The number of fused-ring (bicyclic) bond motifs is 2. The van der Waals surface area contributed by atoms with Gasteiger partial charge in [0.25, 0.3) is 5.91 Å². The minimum Gasteiger partial charge on any atom is -0.454 e. The molecule has 0 unspecified atom stereocenters. The molecule has 4 heterocycles. The first-order chi connectivity index (χ1) is 14.6. The molecule has 1 amide bonds. The second kappa shape index (κ2) is 6.91. The van der Waals surface area contributed by atoms with Crippen molar-refractivity contribution in [2.75, 3.05) is 23.6 Å². The summed E-state index contributed by atoms with van der Waals surface area (Å²) >= 11 is 2.59. The fourth-order valence-electron chi connectivity index (χ4n) is 3.28. The molecule has 0 fully saturated rings. The van der Waals surface area contributed by atoms with Gasteiger partial charge < -0.3 is 26.3 Å². The van der Waals surface area contributed by atoms with E-state index in [1.165, 1.54) is 11.3 Å². The molecule has 0 saturated carbocycles. The fraction of sp³-hybridized carbons (Fsp3) is 0.0500. The van der Waals surface area contributed by atoms with Crippen LogP contribution in [0.4, 0.5) is 17.2 Å². The smallest absolute Gasteiger partial charge is 0.267 e. The van der Waals surface area contributed by atoms with E-state index >= 15 is 0 Å². The minimum absolute atomic E-state index is 0.109. The standard InChI is InChI=1S/C20H13N5O3S2/c21-7-10-14(13-2-1-5-29-13)15-16(22)17(30-20(15)25-18(10)23)19(26)24-9-3-4-11-12(6-9)28-8-27-11/h1-6H,8,22H2,(H2,23,25)(H,24,26). The summed E-state index contributed by atoms with van der Waals surface area (Å²) in [5.74, 6) is 0.907. The molecule has 1 aliphatic heterocycles. The number of anilines is 3. The Morgan fingerprint density at radius 3 is 2.83 bits per heavy atom. The summed E-state index contributed by atoms with van der Waals surface area (Å²) in [6.07, 6.45) is 0. The van der Waals surface area contributed by atoms with Gasteiger partial charge in [-0.1, -0.05) is 6.07 Å². The molecule has 1 aromatic carbocycles. The highest BCUT2D eigenvalue weighted by molar-refractivity contribution is 7.21. The topological polar surface area (TPSA) is 136 Å². The zero-order chi connectivity index (χ0) is 20.8. The molecular weight excluding hydrogens is 422 g/mol. The van der Waals surface area contributed by atoms with Crippen LogP contribution in [0.15, 0.2) is 35.7 Å². The zero-order valence-electron chi connectivity index (χ0n) is 15.3. The summed E-state index contributed by atoms with van der Waals surface area (Å²) in [7, 11) is 0. The Morgan fingerprint density at radius 1 is 1.23 bits per heavy atom. The van der Waals surface area contributed by atoms with E-state index in [2.05, 4.69) is 16.4 Å². The van der Waals surface area contributed by atoms with Crippen LogP contribution in [0.2, 0.25) is 0 Å². The maximum atomic E-state index is 13.0. The number of nitriles is 1. The van der Waals surface area contributed by atoms with Crippen molar-refractivity contribution in [2.24, 2.45) is 0 Å². The van der Waals surface area contributed by atoms with E-state index in [9.17, 15) is 10.1 Å². The molecule has 1 aliphatic rings. The molecule has 0 radical (unpaired) electrons.